The molecule has 0 radical (unpaired) electrons. The summed E-state index contributed by atoms with van der Waals surface area (Å²) in [6.45, 7) is 11.4. The van der Waals surface area contributed by atoms with Crippen molar-refractivity contribution in [2.45, 2.75) is 27.3 Å². The van der Waals surface area contributed by atoms with Crippen LogP contribution in [0.3, 0.4) is 0 Å². The molecule has 6 heteroatoms. The minimum absolute atomic E-state index is 0.148. The summed E-state index contributed by atoms with van der Waals surface area (Å²) in [6, 6.07) is 0. The minimum Gasteiger partial charge on any atom is -0.376 e. The maximum Gasteiger partial charge on any atom is 0.278 e. The molecule has 0 spiro atoms. The second kappa shape index (κ2) is 7.72. The SMILES string of the molecule is C=C(C)COCCNCc1ncc(C)c([N+](=O)[O-])c1C. The molecule has 0 aromatic carbocycles. The Morgan fingerprint density at radius 1 is 1.55 bits per heavy atom. The Labute approximate surface area is 119 Å². The normalized spacial score (nSPS) is 10.6. The highest BCUT2D eigenvalue weighted by Crippen LogP contribution is 2.23. The summed E-state index contributed by atoms with van der Waals surface area (Å²) < 4.78 is 5.35. The lowest BCUT2D eigenvalue weighted by atomic mass is 10.1. The van der Waals surface area contributed by atoms with Crippen molar-refractivity contribution in [1.82, 2.24) is 10.3 Å². The summed E-state index contributed by atoms with van der Waals surface area (Å²) >= 11 is 0. The molecule has 0 saturated carbocycles. The third-order valence-electron chi connectivity index (χ3n) is 2.82. The van der Waals surface area contributed by atoms with E-state index < -0.39 is 0 Å². The number of nitrogens with one attached hydrogen (secondary N) is 1. The average molecular weight is 279 g/mol. The number of aryl methyl sites for hydroxylation is 1. The maximum absolute atomic E-state index is 11.0. The summed E-state index contributed by atoms with van der Waals surface area (Å²) in [4.78, 5) is 14.9. The van der Waals surface area contributed by atoms with Crippen molar-refractivity contribution >= 4 is 5.69 Å². The number of hydrogen-bond acceptors (Lipinski definition) is 5. The Bertz CT molecular complexity index is 501. The van der Waals surface area contributed by atoms with Crippen LogP contribution in [0.4, 0.5) is 5.69 Å². The van der Waals surface area contributed by atoms with Crippen molar-refractivity contribution in [1.29, 1.82) is 0 Å². The zero-order valence-corrected chi connectivity index (χ0v) is 12.2. The van der Waals surface area contributed by atoms with Gasteiger partial charge in [0.2, 0.25) is 0 Å². The maximum atomic E-state index is 11.0. The van der Waals surface area contributed by atoms with Crippen LogP contribution < -0.4 is 5.32 Å². The van der Waals surface area contributed by atoms with Crippen LogP contribution in [-0.2, 0) is 11.3 Å². The van der Waals surface area contributed by atoms with E-state index in [0.29, 0.717) is 43.1 Å². The van der Waals surface area contributed by atoms with Gasteiger partial charge in [0, 0.05) is 30.4 Å². The van der Waals surface area contributed by atoms with Crippen molar-refractivity contribution < 1.29 is 9.66 Å². The molecule has 1 aromatic rings. The Morgan fingerprint density at radius 2 is 2.25 bits per heavy atom. The van der Waals surface area contributed by atoms with E-state index in [1.54, 1.807) is 20.0 Å². The van der Waals surface area contributed by atoms with E-state index >= 15 is 0 Å². The molecular formula is C14H21N3O3. The Hall–Kier alpha value is -1.79. The lowest BCUT2D eigenvalue weighted by Gasteiger charge is -2.09. The zero-order chi connectivity index (χ0) is 15.1. The molecule has 0 aliphatic rings. The van der Waals surface area contributed by atoms with Crippen molar-refractivity contribution in [2.75, 3.05) is 19.8 Å². The Kier molecular flexibility index (Phi) is 6.27. The first-order chi connectivity index (χ1) is 9.43. The molecule has 0 aliphatic carbocycles. The molecule has 0 amide bonds. The summed E-state index contributed by atoms with van der Waals surface area (Å²) in [5.41, 5.74) is 3.03. The first-order valence-electron chi connectivity index (χ1n) is 6.45. The number of nitro groups is 1. The van der Waals surface area contributed by atoms with Gasteiger partial charge in [0.1, 0.15) is 0 Å². The molecule has 110 valence electrons. The summed E-state index contributed by atoms with van der Waals surface area (Å²) in [7, 11) is 0. The second-order valence-corrected chi connectivity index (χ2v) is 4.81. The lowest BCUT2D eigenvalue weighted by Crippen LogP contribution is -2.21. The van der Waals surface area contributed by atoms with E-state index in [2.05, 4.69) is 16.9 Å². The quantitative estimate of drug-likeness (QED) is 0.342. The second-order valence-electron chi connectivity index (χ2n) is 4.81. The highest BCUT2D eigenvalue weighted by molar-refractivity contribution is 5.47. The van der Waals surface area contributed by atoms with E-state index in [1.807, 2.05) is 6.92 Å². The van der Waals surface area contributed by atoms with E-state index in [1.165, 1.54) is 0 Å². The van der Waals surface area contributed by atoms with Crippen molar-refractivity contribution in [3.8, 4) is 0 Å². The van der Waals surface area contributed by atoms with Crippen LogP contribution in [0, 0.1) is 24.0 Å². The highest BCUT2D eigenvalue weighted by Gasteiger charge is 2.18. The highest BCUT2D eigenvalue weighted by atomic mass is 16.6. The van der Waals surface area contributed by atoms with E-state index in [4.69, 9.17) is 4.74 Å². The standard InChI is InChI=1S/C14H21N3O3/c1-10(2)9-20-6-5-15-8-13-12(4)14(17(18)19)11(3)7-16-13/h7,15H,1,5-6,8-9H2,2-4H3. The summed E-state index contributed by atoms with van der Waals surface area (Å²) in [5, 5.41) is 14.2. The molecule has 1 heterocycles. The molecule has 1 aromatic heterocycles. The molecule has 1 rings (SSSR count). The molecule has 6 nitrogen and oxygen atoms in total. The van der Waals surface area contributed by atoms with Gasteiger partial charge in [0.05, 0.1) is 23.8 Å². The summed E-state index contributed by atoms with van der Waals surface area (Å²) in [5.74, 6) is 0. The smallest absolute Gasteiger partial charge is 0.278 e. The van der Waals surface area contributed by atoms with E-state index in [-0.39, 0.29) is 10.6 Å². The zero-order valence-electron chi connectivity index (χ0n) is 12.2. The van der Waals surface area contributed by atoms with Gasteiger partial charge in [-0.15, -0.1) is 0 Å². The van der Waals surface area contributed by atoms with Gasteiger partial charge in [-0.25, -0.2) is 0 Å². The fraction of sp³-hybridized carbons (Fsp3) is 0.500. The van der Waals surface area contributed by atoms with Crippen LogP contribution in [0.15, 0.2) is 18.3 Å². The third-order valence-corrected chi connectivity index (χ3v) is 2.82. The van der Waals surface area contributed by atoms with E-state index in [9.17, 15) is 10.1 Å². The molecule has 20 heavy (non-hydrogen) atoms. The van der Waals surface area contributed by atoms with Crippen molar-refractivity contribution in [2.24, 2.45) is 0 Å². The van der Waals surface area contributed by atoms with Gasteiger partial charge in [-0.2, -0.15) is 0 Å². The molecule has 0 bridgehead atoms. The van der Waals surface area contributed by atoms with Crippen LogP contribution in [-0.4, -0.2) is 29.7 Å². The molecule has 0 atom stereocenters. The van der Waals surface area contributed by atoms with Gasteiger partial charge in [0.15, 0.2) is 0 Å². The van der Waals surface area contributed by atoms with E-state index in [0.717, 1.165) is 5.57 Å². The van der Waals surface area contributed by atoms with Crippen LogP contribution in [0.25, 0.3) is 0 Å². The van der Waals surface area contributed by atoms with Crippen LogP contribution in [0.2, 0.25) is 0 Å². The fourth-order valence-corrected chi connectivity index (χ4v) is 1.82. The molecule has 0 aliphatic heterocycles. The largest absolute Gasteiger partial charge is 0.376 e. The fourth-order valence-electron chi connectivity index (χ4n) is 1.82. The first kappa shape index (κ1) is 16.3. The van der Waals surface area contributed by atoms with Gasteiger partial charge >= 0.3 is 0 Å². The van der Waals surface area contributed by atoms with Gasteiger partial charge in [0.25, 0.3) is 5.69 Å². The molecule has 1 N–H and O–H groups in total. The van der Waals surface area contributed by atoms with Gasteiger partial charge in [-0.3, -0.25) is 15.1 Å². The number of hydrogen-bond donors (Lipinski definition) is 1. The van der Waals surface area contributed by atoms with Crippen LogP contribution >= 0.6 is 0 Å². The molecule has 0 fully saturated rings. The predicted molar refractivity (Wildman–Crippen MR) is 77.7 cm³/mol. The van der Waals surface area contributed by atoms with Crippen molar-refractivity contribution in [3.63, 3.8) is 0 Å². The van der Waals surface area contributed by atoms with Crippen LogP contribution in [0.5, 0.6) is 0 Å². The number of aromatic nitrogens is 1. The Balaban J connectivity index is 2.51. The van der Waals surface area contributed by atoms with Crippen LogP contribution in [0.1, 0.15) is 23.7 Å². The monoisotopic (exact) mass is 279 g/mol. The van der Waals surface area contributed by atoms with Gasteiger partial charge in [-0.05, 0) is 20.8 Å². The minimum atomic E-state index is -0.355. The lowest BCUT2D eigenvalue weighted by molar-refractivity contribution is -0.386. The number of nitrogens with zero attached hydrogens (tertiary/aromatic N) is 2. The van der Waals surface area contributed by atoms with Gasteiger partial charge in [-0.1, -0.05) is 12.2 Å². The Morgan fingerprint density at radius 3 is 2.85 bits per heavy atom. The molecular weight excluding hydrogens is 258 g/mol. The number of pyridine rings is 1. The van der Waals surface area contributed by atoms with Crippen molar-refractivity contribution in [3.05, 3.63) is 45.3 Å². The third kappa shape index (κ3) is 4.71. The average Bonchev–Trinajstić information content (AvgIpc) is 2.35. The predicted octanol–water partition coefficient (Wildman–Crippen LogP) is 2.29. The molecule has 0 unspecified atom stereocenters. The topological polar surface area (TPSA) is 77.3 Å². The molecule has 0 saturated heterocycles. The van der Waals surface area contributed by atoms with Gasteiger partial charge < -0.3 is 10.1 Å². The summed E-state index contributed by atoms with van der Waals surface area (Å²) in [6.07, 6.45) is 1.54. The first-order valence-corrected chi connectivity index (χ1v) is 6.45. The number of ether oxygens (including phenoxy) is 1. The number of rotatable bonds is 8.